The van der Waals surface area contributed by atoms with E-state index in [4.69, 9.17) is 14.2 Å². The van der Waals surface area contributed by atoms with Crippen molar-refractivity contribution in [2.24, 2.45) is 0 Å². The van der Waals surface area contributed by atoms with Crippen LogP contribution in [-0.2, 0) is 0 Å². The first-order valence-electron chi connectivity index (χ1n) is 7.12. The Morgan fingerprint density at radius 3 is 2.57 bits per heavy atom. The molecule has 0 amide bonds. The number of benzene rings is 2. The van der Waals surface area contributed by atoms with E-state index in [-0.39, 0.29) is 5.78 Å². The summed E-state index contributed by atoms with van der Waals surface area (Å²) in [7, 11) is 1.61. The van der Waals surface area contributed by atoms with E-state index in [1.165, 1.54) is 0 Å². The first-order chi connectivity index (χ1) is 11.2. The minimum absolute atomic E-state index is 0.122. The molecule has 1 aliphatic heterocycles. The van der Waals surface area contributed by atoms with E-state index in [1.807, 2.05) is 24.3 Å². The van der Waals surface area contributed by atoms with Crippen molar-refractivity contribution in [3.8, 4) is 17.2 Å². The molecule has 118 valence electrons. The number of ether oxygens (including phenoxy) is 3. The van der Waals surface area contributed by atoms with Crippen LogP contribution in [0, 0.1) is 0 Å². The Bertz CT molecular complexity index is 750. The quantitative estimate of drug-likeness (QED) is 0.584. The Balaban J connectivity index is 1.82. The fraction of sp³-hybridized carbons (Fsp3) is 0.167. The van der Waals surface area contributed by atoms with Gasteiger partial charge in [-0.05, 0) is 35.9 Å². The van der Waals surface area contributed by atoms with E-state index in [0.29, 0.717) is 29.4 Å². The maximum atomic E-state index is 12.4. The molecule has 0 aliphatic carbocycles. The van der Waals surface area contributed by atoms with Crippen molar-refractivity contribution >= 4 is 27.8 Å². The van der Waals surface area contributed by atoms with Crippen LogP contribution in [0.5, 0.6) is 17.2 Å². The van der Waals surface area contributed by atoms with Gasteiger partial charge in [-0.3, -0.25) is 4.79 Å². The molecule has 2 aromatic rings. The molecule has 0 saturated carbocycles. The molecule has 0 fully saturated rings. The zero-order chi connectivity index (χ0) is 16.2. The average molecular weight is 375 g/mol. The van der Waals surface area contributed by atoms with Gasteiger partial charge in [-0.1, -0.05) is 28.1 Å². The number of rotatable bonds is 5. The second-order valence-electron chi connectivity index (χ2n) is 4.91. The highest BCUT2D eigenvalue weighted by Gasteiger charge is 2.27. The van der Waals surface area contributed by atoms with Gasteiger partial charge in [-0.2, -0.15) is 0 Å². The maximum Gasteiger partial charge on any atom is 0.231 e. The number of carbonyl (C=O) groups is 1. The molecule has 0 unspecified atom stereocenters. The van der Waals surface area contributed by atoms with Crippen LogP contribution in [-0.4, -0.2) is 24.8 Å². The Labute approximate surface area is 142 Å². The molecule has 0 spiro atoms. The molecular formula is C18H15BrO4. The summed E-state index contributed by atoms with van der Waals surface area (Å²) in [4.78, 5) is 12.4. The third-order valence-electron chi connectivity index (χ3n) is 3.40. The minimum Gasteiger partial charge on any atom is -0.497 e. The SMILES string of the molecule is COc1ccc(C=C2Oc3cc(OCCBr)ccc3C2=O)cc1. The van der Waals surface area contributed by atoms with Gasteiger partial charge in [0.25, 0.3) is 0 Å². The molecule has 0 N–H and O–H groups in total. The highest BCUT2D eigenvalue weighted by atomic mass is 79.9. The van der Waals surface area contributed by atoms with E-state index >= 15 is 0 Å². The van der Waals surface area contributed by atoms with Gasteiger partial charge in [-0.15, -0.1) is 0 Å². The Hall–Kier alpha value is -2.27. The number of allylic oxidation sites excluding steroid dienone is 1. The van der Waals surface area contributed by atoms with Gasteiger partial charge in [0.05, 0.1) is 19.3 Å². The normalized spacial score (nSPS) is 14.5. The van der Waals surface area contributed by atoms with Crippen LogP contribution >= 0.6 is 15.9 Å². The van der Waals surface area contributed by atoms with E-state index in [0.717, 1.165) is 16.6 Å². The zero-order valence-corrected chi connectivity index (χ0v) is 14.1. The van der Waals surface area contributed by atoms with Crippen LogP contribution in [0.1, 0.15) is 15.9 Å². The van der Waals surface area contributed by atoms with Crippen LogP contribution < -0.4 is 14.2 Å². The lowest BCUT2D eigenvalue weighted by Gasteiger charge is -2.05. The van der Waals surface area contributed by atoms with Crippen LogP contribution in [0.15, 0.2) is 48.2 Å². The van der Waals surface area contributed by atoms with Gasteiger partial charge in [0.2, 0.25) is 5.78 Å². The van der Waals surface area contributed by atoms with Gasteiger partial charge in [0.15, 0.2) is 5.76 Å². The Morgan fingerprint density at radius 2 is 1.87 bits per heavy atom. The number of carbonyl (C=O) groups excluding carboxylic acids is 1. The molecule has 0 radical (unpaired) electrons. The molecule has 0 bridgehead atoms. The largest absolute Gasteiger partial charge is 0.497 e. The molecule has 1 heterocycles. The summed E-state index contributed by atoms with van der Waals surface area (Å²) in [5.41, 5.74) is 1.42. The van der Waals surface area contributed by atoms with Crippen molar-refractivity contribution in [3.63, 3.8) is 0 Å². The predicted octanol–water partition coefficient (Wildman–Crippen LogP) is 4.09. The molecular weight excluding hydrogens is 360 g/mol. The van der Waals surface area contributed by atoms with E-state index < -0.39 is 0 Å². The molecule has 0 atom stereocenters. The van der Waals surface area contributed by atoms with Crippen molar-refractivity contribution in [2.45, 2.75) is 0 Å². The van der Waals surface area contributed by atoms with E-state index in [1.54, 1.807) is 31.4 Å². The fourth-order valence-electron chi connectivity index (χ4n) is 2.26. The lowest BCUT2D eigenvalue weighted by Crippen LogP contribution is -1.98. The van der Waals surface area contributed by atoms with Gasteiger partial charge < -0.3 is 14.2 Å². The molecule has 5 heteroatoms. The third kappa shape index (κ3) is 3.40. The zero-order valence-electron chi connectivity index (χ0n) is 12.5. The number of hydrogen-bond donors (Lipinski definition) is 0. The van der Waals surface area contributed by atoms with Gasteiger partial charge in [0, 0.05) is 11.4 Å². The van der Waals surface area contributed by atoms with Crippen LogP contribution in [0.3, 0.4) is 0 Å². The average Bonchev–Trinajstić information content (AvgIpc) is 2.89. The number of halogens is 1. The lowest BCUT2D eigenvalue weighted by molar-refractivity contribution is 0.101. The number of alkyl halides is 1. The maximum absolute atomic E-state index is 12.4. The van der Waals surface area contributed by atoms with Gasteiger partial charge in [-0.25, -0.2) is 0 Å². The number of Topliss-reactive ketones (excluding diaryl/α,β-unsaturated/α-hetero) is 1. The molecule has 4 nitrogen and oxygen atoms in total. The highest BCUT2D eigenvalue weighted by Crippen LogP contribution is 2.35. The number of ketones is 1. The summed E-state index contributed by atoms with van der Waals surface area (Å²) >= 11 is 3.31. The Morgan fingerprint density at radius 1 is 1.13 bits per heavy atom. The molecule has 23 heavy (non-hydrogen) atoms. The minimum atomic E-state index is -0.122. The number of fused-ring (bicyclic) bond motifs is 1. The monoisotopic (exact) mass is 374 g/mol. The fourth-order valence-corrected chi connectivity index (χ4v) is 2.43. The van der Waals surface area contributed by atoms with Crippen LogP contribution in [0.4, 0.5) is 0 Å². The lowest BCUT2D eigenvalue weighted by atomic mass is 10.1. The summed E-state index contributed by atoms with van der Waals surface area (Å²) in [5, 5.41) is 0.743. The molecule has 3 rings (SSSR count). The van der Waals surface area contributed by atoms with Crippen molar-refractivity contribution < 1.29 is 19.0 Å². The summed E-state index contributed by atoms with van der Waals surface area (Å²) < 4.78 is 16.3. The highest BCUT2D eigenvalue weighted by molar-refractivity contribution is 9.09. The van der Waals surface area contributed by atoms with Gasteiger partial charge in [0.1, 0.15) is 17.2 Å². The Kier molecular flexibility index (Phi) is 4.67. The number of hydrogen-bond acceptors (Lipinski definition) is 4. The third-order valence-corrected chi connectivity index (χ3v) is 3.72. The summed E-state index contributed by atoms with van der Waals surface area (Å²) in [6.45, 7) is 0.557. The second-order valence-corrected chi connectivity index (χ2v) is 5.70. The first kappa shape index (κ1) is 15.6. The number of methoxy groups -OCH3 is 1. The first-order valence-corrected chi connectivity index (χ1v) is 8.24. The predicted molar refractivity (Wildman–Crippen MR) is 91.7 cm³/mol. The van der Waals surface area contributed by atoms with Crippen molar-refractivity contribution in [1.82, 2.24) is 0 Å². The molecule has 0 aromatic heterocycles. The van der Waals surface area contributed by atoms with Crippen molar-refractivity contribution in [1.29, 1.82) is 0 Å². The molecule has 2 aromatic carbocycles. The van der Waals surface area contributed by atoms with Crippen molar-refractivity contribution in [3.05, 3.63) is 59.4 Å². The van der Waals surface area contributed by atoms with Crippen LogP contribution in [0.2, 0.25) is 0 Å². The summed E-state index contributed by atoms with van der Waals surface area (Å²) in [6, 6.07) is 12.7. The molecule has 1 aliphatic rings. The summed E-state index contributed by atoms with van der Waals surface area (Å²) in [6.07, 6.45) is 1.72. The van der Waals surface area contributed by atoms with Crippen molar-refractivity contribution in [2.75, 3.05) is 19.0 Å². The summed E-state index contributed by atoms with van der Waals surface area (Å²) in [5.74, 6) is 2.16. The molecule has 0 saturated heterocycles. The van der Waals surface area contributed by atoms with E-state index in [2.05, 4.69) is 15.9 Å². The standard InChI is InChI=1S/C18H15BrO4/c1-21-13-4-2-12(3-5-13)10-17-18(20)15-7-6-14(22-9-8-19)11-16(15)23-17/h2-7,10-11H,8-9H2,1H3. The van der Waals surface area contributed by atoms with Crippen LogP contribution in [0.25, 0.3) is 6.08 Å². The smallest absolute Gasteiger partial charge is 0.231 e. The topological polar surface area (TPSA) is 44.8 Å². The van der Waals surface area contributed by atoms with E-state index in [9.17, 15) is 4.79 Å². The second kappa shape index (κ2) is 6.87. The van der Waals surface area contributed by atoms with Gasteiger partial charge >= 0.3 is 0 Å².